The molecular weight excluding hydrogens is 308 g/mol. The molecule has 0 spiro atoms. The van der Waals surface area contributed by atoms with Gasteiger partial charge in [-0.25, -0.2) is 0 Å². The van der Waals surface area contributed by atoms with Gasteiger partial charge in [-0.05, 0) is 11.6 Å². The van der Waals surface area contributed by atoms with E-state index in [1.54, 1.807) is 12.1 Å². The lowest BCUT2D eigenvalue weighted by atomic mass is 9.85. The van der Waals surface area contributed by atoms with Crippen LogP contribution in [0.25, 0.3) is 0 Å². The van der Waals surface area contributed by atoms with E-state index in [1.165, 1.54) is 21.3 Å². The second-order valence-corrected chi connectivity index (χ2v) is 5.54. The smallest absolute Gasteiger partial charge is 0.317 e. The van der Waals surface area contributed by atoms with Crippen LogP contribution in [0.1, 0.15) is 27.4 Å². The number of hydrogen-bond donors (Lipinski definition) is 0. The zero-order valence-corrected chi connectivity index (χ0v) is 13.7. The molecule has 1 aliphatic rings. The van der Waals surface area contributed by atoms with Gasteiger partial charge in [-0.15, -0.1) is 0 Å². The average Bonchev–Trinajstić information content (AvgIpc) is 2.93. The molecule has 3 rings (SSSR count). The Morgan fingerprint density at radius 3 is 2.29 bits per heavy atom. The Labute approximate surface area is 140 Å². The molecule has 5 heteroatoms. The van der Waals surface area contributed by atoms with Crippen LogP contribution in [0, 0.1) is 5.92 Å². The minimum absolute atomic E-state index is 0.275. The highest BCUT2D eigenvalue weighted by molar-refractivity contribution is 6.14. The van der Waals surface area contributed by atoms with Crippen molar-refractivity contribution in [3.63, 3.8) is 0 Å². The molecule has 0 bridgehead atoms. The van der Waals surface area contributed by atoms with E-state index in [0.717, 1.165) is 5.56 Å². The zero-order chi connectivity index (χ0) is 17.3. The number of benzene rings is 2. The molecule has 2 aromatic rings. The van der Waals surface area contributed by atoms with E-state index >= 15 is 0 Å². The van der Waals surface area contributed by atoms with E-state index in [2.05, 4.69) is 0 Å². The highest BCUT2D eigenvalue weighted by Crippen LogP contribution is 2.48. The van der Waals surface area contributed by atoms with Gasteiger partial charge < -0.3 is 14.2 Å². The fourth-order valence-corrected chi connectivity index (χ4v) is 3.29. The Morgan fingerprint density at radius 1 is 1.00 bits per heavy atom. The van der Waals surface area contributed by atoms with Gasteiger partial charge in [0.05, 0.1) is 21.3 Å². The number of carbonyl (C=O) groups excluding carboxylic acids is 2. The van der Waals surface area contributed by atoms with Gasteiger partial charge in [0.15, 0.2) is 5.78 Å². The number of carbonyl (C=O) groups is 2. The van der Waals surface area contributed by atoms with Crippen molar-refractivity contribution < 1.29 is 23.8 Å². The van der Waals surface area contributed by atoms with Crippen molar-refractivity contribution in [1.82, 2.24) is 0 Å². The second-order valence-electron chi connectivity index (χ2n) is 5.54. The summed E-state index contributed by atoms with van der Waals surface area (Å²) in [7, 11) is 4.35. The van der Waals surface area contributed by atoms with E-state index in [0.29, 0.717) is 22.6 Å². The molecule has 2 atom stereocenters. The Morgan fingerprint density at radius 2 is 1.71 bits per heavy atom. The van der Waals surface area contributed by atoms with Crippen molar-refractivity contribution >= 4 is 11.8 Å². The van der Waals surface area contributed by atoms with E-state index in [4.69, 9.17) is 14.2 Å². The molecule has 0 fully saturated rings. The number of methoxy groups -OCH3 is 3. The lowest BCUT2D eigenvalue weighted by molar-refractivity contribution is -0.143. The van der Waals surface area contributed by atoms with Crippen LogP contribution in [0.15, 0.2) is 42.5 Å². The minimum Gasteiger partial charge on any atom is -0.497 e. The normalized spacial score (nSPS) is 18.9. The Hall–Kier alpha value is -2.82. The third-order valence-electron chi connectivity index (χ3n) is 4.38. The maximum Gasteiger partial charge on any atom is 0.317 e. The fraction of sp³-hybridized carbons (Fsp3) is 0.263. The van der Waals surface area contributed by atoms with Crippen LogP contribution in [-0.4, -0.2) is 33.1 Å². The molecule has 124 valence electrons. The first kappa shape index (κ1) is 16.1. The Balaban J connectivity index is 2.26. The van der Waals surface area contributed by atoms with Crippen LogP contribution >= 0.6 is 0 Å². The topological polar surface area (TPSA) is 61.8 Å². The van der Waals surface area contributed by atoms with Crippen LogP contribution < -0.4 is 9.47 Å². The van der Waals surface area contributed by atoms with Crippen LogP contribution in [-0.2, 0) is 9.53 Å². The first-order chi connectivity index (χ1) is 11.6. The highest BCUT2D eigenvalue weighted by Gasteiger charge is 2.47. The average molecular weight is 326 g/mol. The lowest BCUT2D eigenvalue weighted by Crippen LogP contribution is -2.26. The molecule has 5 nitrogen and oxygen atoms in total. The molecule has 2 aromatic carbocycles. The summed E-state index contributed by atoms with van der Waals surface area (Å²) < 4.78 is 15.6. The molecule has 0 saturated heterocycles. The predicted octanol–water partition coefficient (Wildman–Crippen LogP) is 2.82. The van der Waals surface area contributed by atoms with Gasteiger partial charge in [0.25, 0.3) is 0 Å². The van der Waals surface area contributed by atoms with Gasteiger partial charge >= 0.3 is 5.97 Å². The van der Waals surface area contributed by atoms with Crippen molar-refractivity contribution in [3.8, 4) is 11.5 Å². The summed E-state index contributed by atoms with van der Waals surface area (Å²) in [6.45, 7) is 0. The summed E-state index contributed by atoms with van der Waals surface area (Å²) >= 11 is 0. The predicted molar refractivity (Wildman–Crippen MR) is 87.7 cm³/mol. The zero-order valence-electron chi connectivity index (χ0n) is 13.7. The van der Waals surface area contributed by atoms with E-state index in [-0.39, 0.29) is 5.78 Å². The molecule has 0 unspecified atom stereocenters. The summed E-state index contributed by atoms with van der Waals surface area (Å²) in [6, 6.07) is 12.8. The number of ether oxygens (including phenoxy) is 3. The largest absolute Gasteiger partial charge is 0.497 e. The maximum atomic E-state index is 12.9. The number of Topliss-reactive ketones (excluding diaryl/α,β-unsaturated/α-hetero) is 1. The molecule has 0 saturated carbocycles. The standard InChI is InChI=1S/C19H18O5/c1-22-12-9-13-16(14(10-12)23-2)15(11-7-5-4-6-8-11)17(18(13)20)19(21)24-3/h4-10,15,17H,1-3H3/t15-,17+/m0/s1. The fourth-order valence-electron chi connectivity index (χ4n) is 3.29. The summed E-state index contributed by atoms with van der Waals surface area (Å²) in [5, 5.41) is 0. The van der Waals surface area contributed by atoms with E-state index < -0.39 is 17.8 Å². The maximum absolute atomic E-state index is 12.9. The monoisotopic (exact) mass is 326 g/mol. The van der Waals surface area contributed by atoms with Gasteiger partial charge in [-0.2, -0.15) is 0 Å². The molecule has 0 heterocycles. The molecule has 0 radical (unpaired) electrons. The third kappa shape index (κ3) is 2.42. The molecular formula is C19H18O5. The first-order valence-electron chi connectivity index (χ1n) is 7.55. The molecule has 24 heavy (non-hydrogen) atoms. The summed E-state index contributed by atoms with van der Waals surface area (Å²) in [5.74, 6) is -1.15. The SMILES string of the molecule is COC(=O)[C@H]1C(=O)c2cc(OC)cc(OC)c2[C@@H]1c1ccccc1. The summed E-state index contributed by atoms with van der Waals surface area (Å²) in [4.78, 5) is 25.2. The Bertz CT molecular complexity index is 782. The number of ketones is 1. The van der Waals surface area contributed by atoms with Crippen molar-refractivity contribution in [2.45, 2.75) is 5.92 Å². The third-order valence-corrected chi connectivity index (χ3v) is 4.38. The molecule has 0 aliphatic heterocycles. The van der Waals surface area contributed by atoms with Crippen molar-refractivity contribution in [1.29, 1.82) is 0 Å². The van der Waals surface area contributed by atoms with Crippen molar-refractivity contribution in [2.75, 3.05) is 21.3 Å². The highest BCUT2D eigenvalue weighted by atomic mass is 16.5. The van der Waals surface area contributed by atoms with Crippen molar-refractivity contribution in [2.24, 2.45) is 5.92 Å². The quantitative estimate of drug-likeness (QED) is 0.639. The second kappa shape index (κ2) is 6.35. The number of fused-ring (bicyclic) bond motifs is 1. The van der Waals surface area contributed by atoms with Gasteiger partial charge in [0, 0.05) is 23.1 Å². The lowest BCUT2D eigenvalue weighted by Gasteiger charge is -2.19. The van der Waals surface area contributed by atoms with Gasteiger partial charge in [0.2, 0.25) is 0 Å². The van der Waals surface area contributed by atoms with Crippen molar-refractivity contribution in [3.05, 3.63) is 59.2 Å². The molecule has 1 aliphatic carbocycles. The van der Waals surface area contributed by atoms with Crippen LogP contribution in [0.3, 0.4) is 0 Å². The number of esters is 1. The molecule has 0 amide bonds. The molecule has 0 N–H and O–H groups in total. The van der Waals surface area contributed by atoms with Gasteiger partial charge in [0.1, 0.15) is 17.4 Å². The number of hydrogen-bond acceptors (Lipinski definition) is 5. The van der Waals surface area contributed by atoms with Crippen LogP contribution in [0.5, 0.6) is 11.5 Å². The van der Waals surface area contributed by atoms with Crippen LogP contribution in [0.2, 0.25) is 0 Å². The summed E-state index contributed by atoms with van der Waals surface area (Å²) in [5.41, 5.74) is 2.00. The van der Waals surface area contributed by atoms with Gasteiger partial charge in [-0.3, -0.25) is 9.59 Å². The first-order valence-corrected chi connectivity index (χ1v) is 7.55. The van der Waals surface area contributed by atoms with Crippen LogP contribution in [0.4, 0.5) is 0 Å². The number of rotatable bonds is 4. The van der Waals surface area contributed by atoms with Gasteiger partial charge in [-0.1, -0.05) is 30.3 Å². The molecule has 0 aromatic heterocycles. The Kier molecular flexibility index (Phi) is 4.25. The van der Waals surface area contributed by atoms with E-state index in [9.17, 15) is 9.59 Å². The summed E-state index contributed by atoms with van der Waals surface area (Å²) in [6.07, 6.45) is 0. The van der Waals surface area contributed by atoms with E-state index in [1.807, 2.05) is 30.3 Å². The minimum atomic E-state index is -0.923.